The van der Waals surface area contributed by atoms with Crippen molar-refractivity contribution in [3.05, 3.63) is 54.1 Å². The average Bonchev–Trinajstić information content (AvgIpc) is 3.36. The summed E-state index contributed by atoms with van der Waals surface area (Å²) in [5.74, 6) is 0.293. The third-order valence-electron chi connectivity index (χ3n) is 4.26. The van der Waals surface area contributed by atoms with Crippen LogP contribution in [-0.4, -0.2) is 27.7 Å². The molecule has 1 fully saturated rings. The molecule has 2 aromatic rings. The van der Waals surface area contributed by atoms with Crippen molar-refractivity contribution in [2.75, 3.05) is 23.4 Å². The van der Waals surface area contributed by atoms with Gasteiger partial charge in [-0.2, -0.15) is 0 Å². The fraction of sp³-hybridized carbons (Fsp3) is 0.278. The van der Waals surface area contributed by atoms with Gasteiger partial charge in [-0.15, -0.1) is 0 Å². The third-order valence-corrected chi connectivity index (χ3v) is 4.85. The number of amides is 1. The normalized spacial score (nSPS) is 15.3. The highest BCUT2D eigenvalue weighted by Gasteiger charge is 2.51. The van der Waals surface area contributed by atoms with Gasteiger partial charge in [-0.25, -0.2) is 8.42 Å². The molecule has 6 nitrogen and oxygen atoms in total. The largest absolute Gasteiger partial charge is 0.495 e. The number of ether oxygens (including phenoxy) is 1. The van der Waals surface area contributed by atoms with E-state index in [9.17, 15) is 13.2 Å². The Kier molecular flexibility index (Phi) is 4.43. The van der Waals surface area contributed by atoms with Gasteiger partial charge in [0.25, 0.3) is 0 Å². The van der Waals surface area contributed by atoms with Gasteiger partial charge in [0.2, 0.25) is 15.9 Å². The number of rotatable bonds is 6. The molecule has 0 heterocycles. The molecule has 7 heteroatoms. The second kappa shape index (κ2) is 6.40. The molecule has 1 amide bonds. The number of methoxy groups -OCH3 is 1. The summed E-state index contributed by atoms with van der Waals surface area (Å²) >= 11 is 0. The minimum atomic E-state index is -3.46. The van der Waals surface area contributed by atoms with Crippen LogP contribution in [0.5, 0.6) is 5.75 Å². The van der Waals surface area contributed by atoms with E-state index in [1.54, 1.807) is 18.2 Å². The van der Waals surface area contributed by atoms with Crippen molar-refractivity contribution in [2.24, 2.45) is 0 Å². The standard InChI is InChI=1S/C18H20N2O4S/c1-24-16-9-8-14(12-15(16)20-25(2,22)23)19-17(21)18(10-11-18)13-6-4-3-5-7-13/h3-9,12,20H,10-11H2,1-2H3,(H,19,21). The lowest BCUT2D eigenvalue weighted by atomic mass is 9.95. The van der Waals surface area contributed by atoms with E-state index in [-0.39, 0.29) is 11.6 Å². The molecule has 3 rings (SSSR count). The number of hydrogen-bond donors (Lipinski definition) is 2. The number of hydrogen-bond acceptors (Lipinski definition) is 4. The summed E-state index contributed by atoms with van der Waals surface area (Å²) in [7, 11) is -2.00. The number of carbonyl (C=O) groups is 1. The van der Waals surface area contributed by atoms with E-state index in [0.29, 0.717) is 11.4 Å². The van der Waals surface area contributed by atoms with Gasteiger partial charge in [-0.05, 0) is 36.6 Å². The number of benzene rings is 2. The van der Waals surface area contributed by atoms with Crippen LogP contribution < -0.4 is 14.8 Å². The fourth-order valence-corrected chi connectivity index (χ4v) is 3.40. The van der Waals surface area contributed by atoms with Crippen molar-refractivity contribution in [1.29, 1.82) is 0 Å². The highest BCUT2D eigenvalue weighted by atomic mass is 32.2. The van der Waals surface area contributed by atoms with Crippen LogP contribution in [0.2, 0.25) is 0 Å². The Morgan fingerprint density at radius 1 is 1.12 bits per heavy atom. The monoisotopic (exact) mass is 360 g/mol. The second-order valence-corrected chi connectivity index (χ2v) is 7.94. The van der Waals surface area contributed by atoms with Gasteiger partial charge in [-0.3, -0.25) is 9.52 Å². The zero-order valence-corrected chi connectivity index (χ0v) is 14.9. The fourth-order valence-electron chi connectivity index (χ4n) is 2.84. The summed E-state index contributed by atoms with van der Waals surface area (Å²) in [6.07, 6.45) is 2.66. The number of carbonyl (C=O) groups excluding carboxylic acids is 1. The molecule has 0 aliphatic heterocycles. The second-order valence-electron chi connectivity index (χ2n) is 6.19. The summed E-state index contributed by atoms with van der Waals surface area (Å²) in [5, 5.41) is 2.89. The molecule has 2 N–H and O–H groups in total. The summed E-state index contributed by atoms with van der Waals surface area (Å²) in [6.45, 7) is 0. The first-order chi connectivity index (χ1) is 11.8. The van der Waals surface area contributed by atoms with Gasteiger partial charge >= 0.3 is 0 Å². The Bertz CT molecular complexity index is 891. The summed E-state index contributed by atoms with van der Waals surface area (Å²) in [5.41, 5.74) is 1.30. The summed E-state index contributed by atoms with van der Waals surface area (Å²) < 4.78 is 30.6. The average molecular weight is 360 g/mol. The van der Waals surface area contributed by atoms with Gasteiger partial charge in [-0.1, -0.05) is 30.3 Å². The van der Waals surface area contributed by atoms with Crippen molar-refractivity contribution in [3.8, 4) is 5.75 Å². The lowest BCUT2D eigenvalue weighted by Gasteiger charge is -2.17. The smallest absolute Gasteiger partial charge is 0.235 e. The third kappa shape index (κ3) is 3.76. The first kappa shape index (κ1) is 17.3. The topological polar surface area (TPSA) is 84.5 Å². The molecule has 1 saturated carbocycles. The molecule has 0 atom stereocenters. The summed E-state index contributed by atoms with van der Waals surface area (Å²) in [6, 6.07) is 14.5. The molecule has 1 aliphatic rings. The van der Waals surface area contributed by atoms with E-state index >= 15 is 0 Å². The minimum absolute atomic E-state index is 0.0887. The zero-order chi connectivity index (χ0) is 18.1. The quantitative estimate of drug-likeness (QED) is 0.830. The molecular formula is C18H20N2O4S. The molecular weight excluding hydrogens is 340 g/mol. The Labute approximate surface area is 147 Å². The highest BCUT2D eigenvalue weighted by molar-refractivity contribution is 7.92. The van der Waals surface area contributed by atoms with Crippen molar-refractivity contribution in [1.82, 2.24) is 0 Å². The summed E-state index contributed by atoms with van der Waals surface area (Å²) in [4.78, 5) is 12.8. The van der Waals surface area contributed by atoms with E-state index in [0.717, 1.165) is 24.7 Å². The highest BCUT2D eigenvalue weighted by Crippen LogP contribution is 2.49. The van der Waals surface area contributed by atoms with E-state index in [1.165, 1.54) is 7.11 Å². The van der Waals surface area contributed by atoms with E-state index in [2.05, 4.69) is 10.0 Å². The Morgan fingerprint density at radius 2 is 1.80 bits per heavy atom. The lowest BCUT2D eigenvalue weighted by molar-refractivity contribution is -0.118. The molecule has 0 radical (unpaired) electrons. The van der Waals surface area contributed by atoms with E-state index in [4.69, 9.17) is 4.74 Å². The number of sulfonamides is 1. The molecule has 0 saturated heterocycles. The van der Waals surface area contributed by atoms with Crippen LogP contribution in [0.25, 0.3) is 0 Å². The zero-order valence-electron chi connectivity index (χ0n) is 14.1. The van der Waals surface area contributed by atoms with Crippen molar-refractivity contribution < 1.29 is 17.9 Å². The Hall–Kier alpha value is -2.54. The molecule has 0 bridgehead atoms. The maximum absolute atomic E-state index is 12.8. The molecule has 0 spiro atoms. The van der Waals surface area contributed by atoms with E-state index in [1.807, 2.05) is 30.3 Å². The first-order valence-corrected chi connectivity index (χ1v) is 9.76. The van der Waals surface area contributed by atoms with Crippen LogP contribution in [-0.2, 0) is 20.2 Å². The van der Waals surface area contributed by atoms with Crippen LogP contribution >= 0.6 is 0 Å². The first-order valence-electron chi connectivity index (χ1n) is 7.87. The number of nitrogens with one attached hydrogen (secondary N) is 2. The predicted octanol–water partition coefficient (Wildman–Crippen LogP) is 2.74. The van der Waals surface area contributed by atoms with Crippen LogP contribution in [0.15, 0.2) is 48.5 Å². The molecule has 132 valence electrons. The van der Waals surface area contributed by atoms with Crippen LogP contribution in [0.3, 0.4) is 0 Å². The van der Waals surface area contributed by atoms with Crippen molar-refractivity contribution in [2.45, 2.75) is 18.3 Å². The SMILES string of the molecule is COc1ccc(NC(=O)C2(c3ccccc3)CC2)cc1NS(C)(=O)=O. The maximum Gasteiger partial charge on any atom is 0.235 e. The van der Waals surface area contributed by atoms with Crippen LogP contribution in [0.4, 0.5) is 11.4 Å². The van der Waals surface area contributed by atoms with Crippen molar-refractivity contribution in [3.63, 3.8) is 0 Å². The van der Waals surface area contributed by atoms with E-state index < -0.39 is 15.4 Å². The molecule has 2 aromatic carbocycles. The maximum atomic E-state index is 12.8. The van der Waals surface area contributed by atoms with Gasteiger partial charge in [0.1, 0.15) is 5.75 Å². The minimum Gasteiger partial charge on any atom is -0.495 e. The Balaban J connectivity index is 1.83. The van der Waals surface area contributed by atoms with Crippen molar-refractivity contribution >= 4 is 27.3 Å². The van der Waals surface area contributed by atoms with Crippen LogP contribution in [0.1, 0.15) is 18.4 Å². The van der Waals surface area contributed by atoms with Gasteiger partial charge in [0.15, 0.2) is 0 Å². The van der Waals surface area contributed by atoms with Crippen LogP contribution in [0, 0.1) is 0 Å². The molecule has 0 unspecified atom stereocenters. The van der Waals surface area contributed by atoms with Gasteiger partial charge in [0.05, 0.1) is 24.5 Å². The number of anilines is 2. The van der Waals surface area contributed by atoms with Gasteiger partial charge in [0, 0.05) is 5.69 Å². The Morgan fingerprint density at radius 3 is 2.36 bits per heavy atom. The molecule has 25 heavy (non-hydrogen) atoms. The lowest BCUT2D eigenvalue weighted by Crippen LogP contribution is -2.27. The van der Waals surface area contributed by atoms with Gasteiger partial charge < -0.3 is 10.1 Å². The molecule has 1 aliphatic carbocycles. The predicted molar refractivity (Wildman–Crippen MR) is 97.4 cm³/mol. The molecule has 0 aromatic heterocycles.